The normalized spacial score (nSPS) is 22.5. The van der Waals surface area contributed by atoms with Crippen molar-refractivity contribution in [2.24, 2.45) is 0 Å². The second-order valence-corrected chi connectivity index (χ2v) is 7.77. The smallest absolute Gasteiger partial charge is 0.269 e. The van der Waals surface area contributed by atoms with Gasteiger partial charge in [0.2, 0.25) is 0 Å². The summed E-state index contributed by atoms with van der Waals surface area (Å²) in [5, 5.41) is 9.60. The lowest BCUT2D eigenvalue weighted by Crippen LogP contribution is -2.52. The van der Waals surface area contributed by atoms with E-state index in [1.165, 1.54) is 11.3 Å². The largest absolute Gasteiger partial charge is 0.379 e. The van der Waals surface area contributed by atoms with Crippen molar-refractivity contribution in [3.8, 4) is 10.4 Å². The summed E-state index contributed by atoms with van der Waals surface area (Å²) < 4.78 is 34.5. The van der Waals surface area contributed by atoms with Crippen LogP contribution in [0.1, 0.15) is 28.6 Å². The lowest BCUT2D eigenvalue weighted by molar-refractivity contribution is 0.00375. The average Bonchev–Trinajstić information content (AvgIpc) is 3.19. The summed E-state index contributed by atoms with van der Waals surface area (Å²) in [6.45, 7) is 1.86. The van der Waals surface area contributed by atoms with E-state index in [2.05, 4.69) is 15.5 Å². The van der Waals surface area contributed by atoms with Gasteiger partial charge >= 0.3 is 0 Å². The van der Waals surface area contributed by atoms with E-state index in [4.69, 9.17) is 4.74 Å². The van der Waals surface area contributed by atoms with Crippen molar-refractivity contribution < 1.29 is 18.3 Å². The van der Waals surface area contributed by atoms with Crippen LogP contribution in [0.25, 0.3) is 10.4 Å². The third-order valence-electron chi connectivity index (χ3n) is 5.01. The number of carbonyl (C=O) groups is 1. The molecule has 0 fully saturated rings. The quantitative estimate of drug-likeness (QED) is 0.853. The SMILES string of the molecule is CC[C@H](OC)[C@H]1CN2CC(F)(F)Cc3c(-c4cn[nH]c4)sc(c32)C(=O)N1. The first-order valence-corrected chi connectivity index (χ1v) is 9.36. The predicted octanol–water partition coefficient (Wildman–Crippen LogP) is 2.67. The Labute approximate surface area is 153 Å². The van der Waals surface area contributed by atoms with Crippen LogP contribution in [0.3, 0.4) is 0 Å². The topological polar surface area (TPSA) is 70.2 Å². The van der Waals surface area contributed by atoms with E-state index in [0.29, 0.717) is 34.0 Å². The summed E-state index contributed by atoms with van der Waals surface area (Å²) in [6.07, 6.45) is 3.36. The molecule has 6 nitrogen and oxygen atoms in total. The zero-order chi connectivity index (χ0) is 18.5. The fourth-order valence-corrected chi connectivity index (χ4v) is 5.12. The standard InChI is InChI=1S/C17H20F2N4O2S/c1-3-12(25-2)11-7-23-8-17(18,19)4-10-13(23)15(16(24)22-11)26-14(10)9-5-20-21-6-9/h5-6,11-12H,3-4,7-8H2,1-2H3,(H,20,21)(H,22,24)/t11-,12+/m1/s1. The van der Waals surface area contributed by atoms with Crippen LogP contribution in [0.4, 0.5) is 14.5 Å². The molecular formula is C17H20F2N4O2S. The van der Waals surface area contributed by atoms with Crippen molar-refractivity contribution in [3.05, 3.63) is 22.8 Å². The summed E-state index contributed by atoms with van der Waals surface area (Å²) in [5.41, 5.74) is 1.90. The number of ether oxygens (including phenoxy) is 1. The number of carbonyl (C=O) groups excluding carboxylic acids is 1. The number of nitrogens with zero attached hydrogens (tertiary/aromatic N) is 2. The summed E-state index contributed by atoms with van der Waals surface area (Å²) in [7, 11) is 1.58. The number of aromatic amines is 1. The molecule has 2 aliphatic heterocycles. The number of nitrogens with one attached hydrogen (secondary N) is 2. The minimum absolute atomic E-state index is 0.222. The third kappa shape index (κ3) is 2.79. The predicted molar refractivity (Wildman–Crippen MR) is 95.1 cm³/mol. The molecule has 0 saturated heterocycles. The Kier molecular flexibility index (Phi) is 4.23. The van der Waals surface area contributed by atoms with Crippen molar-refractivity contribution >= 4 is 22.9 Å². The second kappa shape index (κ2) is 6.31. The van der Waals surface area contributed by atoms with Gasteiger partial charge in [0.05, 0.1) is 30.6 Å². The molecule has 26 heavy (non-hydrogen) atoms. The number of amides is 1. The van der Waals surface area contributed by atoms with Crippen molar-refractivity contribution in [1.82, 2.24) is 15.5 Å². The molecule has 4 heterocycles. The van der Waals surface area contributed by atoms with Crippen molar-refractivity contribution in [3.63, 3.8) is 0 Å². The number of halogens is 2. The highest BCUT2D eigenvalue weighted by Crippen LogP contribution is 2.48. The number of aromatic nitrogens is 2. The van der Waals surface area contributed by atoms with Gasteiger partial charge in [-0.3, -0.25) is 9.89 Å². The highest BCUT2D eigenvalue weighted by atomic mass is 32.1. The van der Waals surface area contributed by atoms with Crippen LogP contribution >= 0.6 is 11.3 Å². The van der Waals surface area contributed by atoms with Gasteiger partial charge in [0.25, 0.3) is 11.8 Å². The van der Waals surface area contributed by atoms with Crippen LogP contribution in [0.15, 0.2) is 12.4 Å². The molecule has 4 rings (SSSR count). The number of anilines is 1. The molecule has 0 unspecified atom stereocenters. The Morgan fingerprint density at radius 2 is 2.31 bits per heavy atom. The Bertz CT molecular complexity index is 817. The second-order valence-electron chi connectivity index (χ2n) is 6.75. The number of hydrogen-bond acceptors (Lipinski definition) is 5. The molecule has 0 bridgehead atoms. The zero-order valence-electron chi connectivity index (χ0n) is 14.5. The summed E-state index contributed by atoms with van der Waals surface area (Å²) in [6, 6.07) is -0.337. The van der Waals surface area contributed by atoms with E-state index in [1.54, 1.807) is 24.4 Å². The maximum Gasteiger partial charge on any atom is 0.269 e. The molecule has 2 aromatic rings. The molecule has 2 N–H and O–H groups in total. The van der Waals surface area contributed by atoms with Gasteiger partial charge in [-0.1, -0.05) is 6.92 Å². The van der Waals surface area contributed by atoms with E-state index >= 15 is 0 Å². The monoisotopic (exact) mass is 382 g/mol. The highest BCUT2D eigenvalue weighted by molar-refractivity contribution is 7.18. The van der Waals surface area contributed by atoms with Crippen LogP contribution < -0.4 is 10.2 Å². The first kappa shape index (κ1) is 17.4. The highest BCUT2D eigenvalue weighted by Gasteiger charge is 2.45. The van der Waals surface area contributed by atoms with Gasteiger partial charge < -0.3 is 15.0 Å². The molecule has 9 heteroatoms. The average molecular weight is 382 g/mol. The van der Waals surface area contributed by atoms with E-state index in [-0.39, 0.29) is 31.0 Å². The molecular weight excluding hydrogens is 362 g/mol. The Morgan fingerprint density at radius 3 is 2.96 bits per heavy atom. The van der Waals surface area contributed by atoms with Gasteiger partial charge in [0, 0.05) is 42.3 Å². The third-order valence-corrected chi connectivity index (χ3v) is 6.28. The minimum Gasteiger partial charge on any atom is -0.379 e. The molecule has 0 spiro atoms. The van der Waals surface area contributed by atoms with Gasteiger partial charge in [0.15, 0.2) is 0 Å². The van der Waals surface area contributed by atoms with Crippen LogP contribution in [-0.2, 0) is 11.2 Å². The van der Waals surface area contributed by atoms with Gasteiger partial charge in [-0.25, -0.2) is 8.78 Å². The fourth-order valence-electron chi connectivity index (χ4n) is 3.89. The van der Waals surface area contributed by atoms with E-state index < -0.39 is 5.92 Å². The van der Waals surface area contributed by atoms with Gasteiger partial charge in [-0.2, -0.15) is 5.10 Å². The molecule has 2 atom stereocenters. The summed E-state index contributed by atoms with van der Waals surface area (Å²) in [4.78, 5) is 15.7. The molecule has 0 radical (unpaired) electrons. The molecule has 0 saturated carbocycles. The number of thiophene rings is 1. The lowest BCUT2D eigenvalue weighted by atomic mass is 9.97. The Balaban J connectivity index is 1.83. The molecule has 1 amide bonds. The van der Waals surface area contributed by atoms with E-state index in [1.807, 2.05) is 6.92 Å². The van der Waals surface area contributed by atoms with Crippen molar-refractivity contribution in [1.29, 1.82) is 0 Å². The molecule has 2 aromatic heterocycles. The summed E-state index contributed by atoms with van der Waals surface area (Å²) >= 11 is 1.25. The minimum atomic E-state index is -2.85. The van der Waals surface area contributed by atoms with Crippen LogP contribution in [0, 0.1) is 0 Å². The Morgan fingerprint density at radius 1 is 1.50 bits per heavy atom. The van der Waals surface area contributed by atoms with Crippen molar-refractivity contribution in [2.75, 3.05) is 25.1 Å². The number of hydrogen-bond donors (Lipinski definition) is 2. The maximum absolute atomic E-state index is 14.5. The van der Waals surface area contributed by atoms with Crippen LogP contribution in [-0.4, -0.2) is 54.4 Å². The van der Waals surface area contributed by atoms with Gasteiger partial charge in [0.1, 0.15) is 4.88 Å². The van der Waals surface area contributed by atoms with Crippen LogP contribution in [0.5, 0.6) is 0 Å². The van der Waals surface area contributed by atoms with E-state index in [0.717, 1.165) is 5.56 Å². The van der Waals surface area contributed by atoms with Gasteiger partial charge in [-0.05, 0) is 6.42 Å². The maximum atomic E-state index is 14.5. The molecule has 0 aliphatic carbocycles. The number of H-pyrrole nitrogens is 1. The first-order chi connectivity index (χ1) is 12.4. The number of rotatable bonds is 4. The molecule has 140 valence electrons. The summed E-state index contributed by atoms with van der Waals surface area (Å²) in [5.74, 6) is -3.08. The van der Waals surface area contributed by atoms with Crippen LogP contribution in [0.2, 0.25) is 0 Å². The van der Waals surface area contributed by atoms with E-state index in [9.17, 15) is 13.6 Å². The number of alkyl halides is 2. The van der Waals surface area contributed by atoms with Crippen molar-refractivity contribution in [2.45, 2.75) is 37.8 Å². The molecule has 2 aliphatic rings. The number of methoxy groups -OCH3 is 1. The molecule has 0 aromatic carbocycles. The zero-order valence-corrected chi connectivity index (χ0v) is 15.3. The first-order valence-electron chi connectivity index (χ1n) is 8.54. The Hall–Kier alpha value is -2.00. The fraction of sp³-hybridized carbons (Fsp3) is 0.529. The van der Waals surface area contributed by atoms with Gasteiger partial charge in [-0.15, -0.1) is 11.3 Å². The lowest BCUT2D eigenvalue weighted by Gasteiger charge is -2.36.